The van der Waals surface area contributed by atoms with Crippen molar-refractivity contribution in [3.8, 4) is 11.4 Å². The first kappa shape index (κ1) is 18.9. The van der Waals surface area contributed by atoms with Crippen molar-refractivity contribution < 1.29 is 0 Å². The average molecular weight is 412 g/mol. The lowest BCUT2D eigenvalue weighted by Crippen LogP contribution is -2.15. The first-order valence-corrected chi connectivity index (χ1v) is 9.92. The fourth-order valence-corrected chi connectivity index (χ4v) is 4.02. The van der Waals surface area contributed by atoms with Gasteiger partial charge >= 0.3 is 0 Å². The number of fused-ring (bicyclic) bond motifs is 2. The second-order valence-electron chi connectivity index (χ2n) is 7.74. The van der Waals surface area contributed by atoms with Gasteiger partial charge in [-0.15, -0.1) is 0 Å². The number of benzene rings is 2. The van der Waals surface area contributed by atoms with Gasteiger partial charge in [0.25, 0.3) is 11.1 Å². The van der Waals surface area contributed by atoms with Crippen LogP contribution in [0.3, 0.4) is 0 Å². The van der Waals surface area contributed by atoms with Crippen molar-refractivity contribution in [2.24, 2.45) is 0 Å². The Bertz CT molecular complexity index is 1590. The van der Waals surface area contributed by atoms with E-state index in [1.54, 1.807) is 23.9 Å². The van der Waals surface area contributed by atoms with Crippen molar-refractivity contribution in [1.29, 1.82) is 0 Å². The van der Waals surface area contributed by atoms with Crippen LogP contribution in [0.15, 0.2) is 52.3 Å². The average Bonchev–Trinajstić information content (AvgIpc) is 3.12. The van der Waals surface area contributed by atoms with Gasteiger partial charge in [-0.1, -0.05) is 23.8 Å². The number of rotatable bonds is 3. The van der Waals surface area contributed by atoms with Crippen LogP contribution >= 0.6 is 0 Å². The zero-order valence-electron chi connectivity index (χ0n) is 17.4. The molecule has 0 fully saturated rings. The van der Waals surface area contributed by atoms with Gasteiger partial charge in [0.1, 0.15) is 11.6 Å². The third kappa shape index (κ3) is 3.22. The molecule has 0 bridgehead atoms. The molecular formula is C23H20N6O2. The van der Waals surface area contributed by atoms with Crippen molar-refractivity contribution in [1.82, 2.24) is 29.5 Å². The molecule has 2 N–H and O–H groups in total. The molecule has 0 atom stereocenters. The van der Waals surface area contributed by atoms with Gasteiger partial charge in [-0.2, -0.15) is 0 Å². The van der Waals surface area contributed by atoms with Crippen LogP contribution in [0.25, 0.3) is 33.5 Å². The minimum atomic E-state index is -0.233. The summed E-state index contributed by atoms with van der Waals surface area (Å²) in [6, 6.07) is 11.3. The third-order valence-electron chi connectivity index (χ3n) is 5.42. The quantitative estimate of drug-likeness (QED) is 0.473. The highest BCUT2D eigenvalue weighted by Crippen LogP contribution is 2.27. The predicted molar refractivity (Wildman–Crippen MR) is 119 cm³/mol. The summed E-state index contributed by atoms with van der Waals surface area (Å²) in [7, 11) is 0. The number of H-pyrrole nitrogens is 2. The van der Waals surface area contributed by atoms with Gasteiger partial charge in [-0.3, -0.25) is 9.59 Å². The Morgan fingerprint density at radius 3 is 2.61 bits per heavy atom. The molecule has 0 unspecified atom stereocenters. The molecule has 154 valence electrons. The summed E-state index contributed by atoms with van der Waals surface area (Å²) in [6.45, 7) is 6.13. The smallest absolute Gasteiger partial charge is 0.277 e. The second-order valence-corrected chi connectivity index (χ2v) is 7.74. The topological polar surface area (TPSA) is 109 Å². The summed E-state index contributed by atoms with van der Waals surface area (Å²) >= 11 is 0. The van der Waals surface area contributed by atoms with Gasteiger partial charge in [0, 0.05) is 5.56 Å². The van der Waals surface area contributed by atoms with Crippen molar-refractivity contribution in [2.75, 3.05) is 0 Å². The van der Waals surface area contributed by atoms with Gasteiger partial charge in [0.15, 0.2) is 11.2 Å². The Balaban J connectivity index is 1.72. The van der Waals surface area contributed by atoms with E-state index in [1.807, 2.05) is 38.1 Å². The lowest BCUT2D eigenvalue weighted by atomic mass is 9.98. The van der Waals surface area contributed by atoms with Gasteiger partial charge < -0.3 is 14.5 Å². The van der Waals surface area contributed by atoms with Crippen LogP contribution in [0.1, 0.15) is 22.5 Å². The number of nitrogens with one attached hydrogen (secondary N) is 2. The van der Waals surface area contributed by atoms with Crippen LogP contribution in [-0.2, 0) is 6.54 Å². The summed E-state index contributed by atoms with van der Waals surface area (Å²) in [6.07, 6.45) is 1.62. The molecule has 8 nitrogen and oxygen atoms in total. The summed E-state index contributed by atoms with van der Waals surface area (Å²) in [5, 5.41) is 0.547. The van der Waals surface area contributed by atoms with E-state index in [2.05, 4.69) is 26.0 Å². The molecular weight excluding hydrogens is 392 g/mol. The van der Waals surface area contributed by atoms with E-state index in [1.165, 1.54) is 0 Å². The van der Waals surface area contributed by atoms with Crippen LogP contribution in [-0.4, -0.2) is 29.5 Å². The number of hydrogen-bond acceptors (Lipinski definition) is 5. The molecule has 8 heteroatoms. The molecule has 0 radical (unpaired) electrons. The van der Waals surface area contributed by atoms with E-state index in [0.29, 0.717) is 40.3 Å². The second kappa shape index (κ2) is 7.02. The summed E-state index contributed by atoms with van der Waals surface area (Å²) < 4.78 is 1.78. The van der Waals surface area contributed by atoms with Crippen LogP contribution in [0, 0.1) is 20.8 Å². The van der Waals surface area contributed by atoms with Crippen molar-refractivity contribution >= 4 is 22.1 Å². The van der Waals surface area contributed by atoms with E-state index >= 15 is 0 Å². The lowest BCUT2D eigenvalue weighted by Gasteiger charge is -2.15. The largest absolute Gasteiger partial charge is 0.320 e. The summed E-state index contributed by atoms with van der Waals surface area (Å²) in [5.41, 5.74) is 4.89. The highest BCUT2D eigenvalue weighted by Gasteiger charge is 2.16. The van der Waals surface area contributed by atoms with E-state index in [0.717, 1.165) is 22.3 Å². The van der Waals surface area contributed by atoms with Crippen molar-refractivity contribution in [2.45, 2.75) is 27.3 Å². The Kier molecular flexibility index (Phi) is 4.28. The zero-order valence-corrected chi connectivity index (χ0v) is 17.4. The van der Waals surface area contributed by atoms with E-state index in [4.69, 9.17) is 4.98 Å². The standard InChI is InChI=1S/C23H20N6O2/c1-12-8-13(2)17(10-29-11-24-21-19(29)23(31)26-14(3)25-21)16(9-12)20-27-18-7-5-4-6-15(18)22(30)28-20/h4-9,11H,10H2,1-3H3,(H,25,26,31)(H,27,28,30). The highest BCUT2D eigenvalue weighted by molar-refractivity contribution is 5.80. The minimum absolute atomic E-state index is 0.185. The van der Waals surface area contributed by atoms with Crippen LogP contribution in [0.4, 0.5) is 0 Å². The Hall–Kier alpha value is -4.07. The molecule has 3 aromatic heterocycles. The lowest BCUT2D eigenvalue weighted by molar-refractivity contribution is 0.812. The molecule has 0 saturated carbocycles. The SMILES string of the molecule is Cc1cc(C)c(Cn2cnc3nc(C)[nH]c(=O)c32)c(-c2nc3ccccc3c(=O)[nH]2)c1. The number of aromatic amines is 2. The maximum atomic E-state index is 12.7. The van der Waals surface area contributed by atoms with Gasteiger partial charge in [0.2, 0.25) is 0 Å². The molecule has 2 aromatic carbocycles. The molecule has 31 heavy (non-hydrogen) atoms. The van der Waals surface area contributed by atoms with E-state index < -0.39 is 0 Å². The van der Waals surface area contributed by atoms with Gasteiger partial charge in [0.05, 0.1) is 23.8 Å². The number of aryl methyl sites for hydroxylation is 3. The molecule has 0 aliphatic heterocycles. The maximum absolute atomic E-state index is 12.7. The highest BCUT2D eigenvalue weighted by atomic mass is 16.1. The molecule has 0 aliphatic rings. The Labute approximate surface area is 176 Å². The summed E-state index contributed by atoms with van der Waals surface area (Å²) in [5.74, 6) is 1.02. The molecule has 3 heterocycles. The maximum Gasteiger partial charge on any atom is 0.277 e. The van der Waals surface area contributed by atoms with Crippen LogP contribution < -0.4 is 11.1 Å². The number of aromatic nitrogens is 6. The van der Waals surface area contributed by atoms with Gasteiger partial charge in [-0.25, -0.2) is 15.0 Å². The zero-order chi connectivity index (χ0) is 21.7. The molecule has 0 spiro atoms. The number of nitrogens with zero attached hydrogens (tertiary/aromatic N) is 4. The monoisotopic (exact) mass is 412 g/mol. The normalized spacial score (nSPS) is 11.5. The first-order chi connectivity index (χ1) is 14.9. The number of imidazole rings is 1. The number of para-hydroxylation sites is 1. The van der Waals surface area contributed by atoms with Crippen LogP contribution in [0.5, 0.6) is 0 Å². The Morgan fingerprint density at radius 1 is 0.968 bits per heavy atom. The fourth-order valence-electron chi connectivity index (χ4n) is 4.02. The van der Waals surface area contributed by atoms with Gasteiger partial charge in [-0.05, 0) is 50.1 Å². The molecule has 0 amide bonds. The minimum Gasteiger partial charge on any atom is -0.320 e. The summed E-state index contributed by atoms with van der Waals surface area (Å²) in [4.78, 5) is 44.2. The Morgan fingerprint density at radius 2 is 1.77 bits per heavy atom. The fraction of sp³-hybridized carbons (Fsp3) is 0.174. The van der Waals surface area contributed by atoms with Crippen molar-refractivity contribution in [3.05, 3.63) is 85.9 Å². The van der Waals surface area contributed by atoms with Crippen LogP contribution in [0.2, 0.25) is 0 Å². The van der Waals surface area contributed by atoms with E-state index in [9.17, 15) is 9.59 Å². The third-order valence-corrected chi connectivity index (χ3v) is 5.42. The van der Waals surface area contributed by atoms with E-state index in [-0.39, 0.29) is 11.1 Å². The van der Waals surface area contributed by atoms with Crippen molar-refractivity contribution in [3.63, 3.8) is 0 Å². The first-order valence-electron chi connectivity index (χ1n) is 9.92. The molecule has 0 saturated heterocycles. The molecule has 0 aliphatic carbocycles. The predicted octanol–water partition coefficient (Wildman–Crippen LogP) is 3.00. The molecule has 5 aromatic rings. The molecule has 5 rings (SSSR count). The number of hydrogen-bond donors (Lipinski definition) is 2.